The summed E-state index contributed by atoms with van der Waals surface area (Å²) in [5, 5.41) is 0. The standard InChI is InChI=1S/C12H23Si/c1-11(2)8-6-7-9-12(3)10-13(4)5/h9H,1,6-8,10H2,2-5H3. The van der Waals surface area contributed by atoms with Crippen LogP contribution in [-0.4, -0.2) is 8.80 Å². The van der Waals surface area contributed by atoms with Crippen LogP contribution >= 0.6 is 0 Å². The highest BCUT2D eigenvalue weighted by molar-refractivity contribution is 6.56. The monoisotopic (exact) mass is 195 g/mol. The fourth-order valence-electron chi connectivity index (χ4n) is 1.38. The molecule has 1 heteroatoms. The van der Waals surface area contributed by atoms with E-state index in [4.69, 9.17) is 0 Å². The first-order chi connectivity index (χ1) is 6.02. The van der Waals surface area contributed by atoms with E-state index in [0.29, 0.717) is 0 Å². The van der Waals surface area contributed by atoms with Gasteiger partial charge in [-0.2, -0.15) is 0 Å². The van der Waals surface area contributed by atoms with Crippen LogP contribution in [0, 0.1) is 0 Å². The second kappa shape index (κ2) is 7.13. The predicted octanol–water partition coefficient (Wildman–Crippen LogP) is 4.43. The van der Waals surface area contributed by atoms with Crippen molar-refractivity contribution in [2.24, 2.45) is 0 Å². The topological polar surface area (TPSA) is 0 Å². The average Bonchev–Trinajstić information content (AvgIpc) is 1.96. The molecule has 0 aliphatic heterocycles. The molecule has 0 amide bonds. The molecule has 0 fully saturated rings. The molecule has 0 spiro atoms. The van der Waals surface area contributed by atoms with Crippen molar-refractivity contribution in [1.82, 2.24) is 0 Å². The lowest BCUT2D eigenvalue weighted by Gasteiger charge is -2.03. The Hall–Kier alpha value is -0.303. The first-order valence-electron chi connectivity index (χ1n) is 5.11. The Balaban J connectivity index is 3.53. The third kappa shape index (κ3) is 9.61. The molecule has 0 aromatic rings. The van der Waals surface area contributed by atoms with Crippen molar-refractivity contribution in [3.63, 3.8) is 0 Å². The third-order valence-electron chi connectivity index (χ3n) is 1.93. The largest absolute Gasteiger partial charge is 0.100 e. The number of hydrogen-bond donors (Lipinski definition) is 0. The zero-order chi connectivity index (χ0) is 10.3. The van der Waals surface area contributed by atoms with Gasteiger partial charge in [0.1, 0.15) is 0 Å². The maximum Gasteiger partial charge on any atom is 0.0455 e. The molecule has 0 N–H and O–H groups in total. The van der Waals surface area contributed by atoms with E-state index in [0.717, 1.165) is 0 Å². The van der Waals surface area contributed by atoms with E-state index >= 15 is 0 Å². The molecule has 0 rings (SSSR count). The van der Waals surface area contributed by atoms with Crippen molar-refractivity contribution in [3.05, 3.63) is 23.8 Å². The van der Waals surface area contributed by atoms with E-state index in [1.54, 1.807) is 5.57 Å². The van der Waals surface area contributed by atoms with Gasteiger partial charge in [-0.1, -0.05) is 30.3 Å². The molecule has 0 bridgehead atoms. The molecule has 0 saturated heterocycles. The summed E-state index contributed by atoms with van der Waals surface area (Å²) in [6.45, 7) is 13.0. The fraction of sp³-hybridized carbons (Fsp3) is 0.667. The number of hydrogen-bond acceptors (Lipinski definition) is 0. The molecule has 1 radical (unpaired) electrons. The van der Waals surface area contributed by atoms with Crippen molar-refractivity contribution < 1.29 is 0 Å². The molecule has 0 saturated carbocycles. The second-order valence-corrected chi connectivity index (χ2v) is 7.05. The van der Waals surface area contributed by atoms with Gasteiger partial charge in [0.25, 0.3) is 0 Å². The van der Waals surface area contributed by atoms with Gasteiger partial charge in [-0.3, -0.25) is 0 Å². The lowest BCUT2D eigenvalue weighted by molar-refractivity contribution is 0.830. The Kier molecular flexibility index (Phi) is 6.97. The molecule has 0 nitrogen and oxygen atoms in total. The summed E-state index contributed by atoms with van der Waals surface area (Å²) < 4.78 is 0. The second-order valence-electron chi connectivity index (χ2n) is 4.28. The van der Waals surface area contributed by atoms with Gasteiger partial charge in [0, 0.05) is 8.80 Å². The van der Waals surface area contributed by atoms with E-state index < -0.39 is 0 Å². The van der Waals surface area contributed by atoms with Crippen molar-refractivity contribution in [3.8, 4) is 0 Å². The molecule has 0 aromatic carbocycles. The summed E-state index contributed by atoms with van der Waals surface area (Å²) in [5.74, 6) is 0. The summed E-state index contributed by atoms with van der Waals surface area (Å²) in [4.78, 5) is 0. The van der Waals surface area contributed by atoms with Crippen LogP contribution in [0.4, 0.5) is 0 Å². The molecule has 0 aromatic heterocycles. The molecule has 0 heterocycles. The minimum atomic E-state index is -0.0723. The highest BCUT2D eigenvalue weighted by Crippen LogP contribution is 2.10. The first kappa shape index (κ1) is 12.7. The highest BCUT2D eigenvalue weighted by Gasteiger charge is 1.96. The van der Waals surface area contributed by atoms with Crippen LogP contribution in [-0.2, 0) is 0 Å². The molecule has 0 aliphatic carbocycles. The SMILES string of the molecule is C=C(C)CCCC=C(C)C[Si](C)C. The van der Waals surface area contributed by atoms with Crippen LogP contribution in [0.25, 0.3) is 0 Å². The summed E-state index contributed by atoms with van der Waals surface area (Å²) in [7, 11) is -0.0723. The molecule has 0 aliphatic rings. The van der Waals surface area contributed by atoms with Gasteiger partial charge in [0.2, 0.25) is 0 Å². The van der Waals surface area contributed by atoms with E-state index in [1.807, 2.05) is 0 Å². The highest BCUT2D eigenvalue weighted by atomic mass is 28.3. The Morgan fingerprint density at radius 2 is 1.92 bits per heavy atom. The van der Waals surface area contributed by atoms with Gasteiger partial charge in [0.05, 0.1) is 0 Å². The summed E-state index contributed by atoms with van der Waals surface area (Å²) in [5.41, 5.74) is 2.89. The van der Waals surface area contributed by atoms with Gasteiger partial charge >= 0.3 is 0 Å². The van der Waals surface area contributed by atoms with Gasteiger partial charge in [-0.25, -0.2) is 0 Å². The van der Waals surface area contributed by atoms with Gasteiger partial charge in [-0.05, 0) is 39.2 Å². The van der Waals surface area contributed by atoms with Gasteiger partial charge in [0.15, 0.2) is 0 Å². The zero-order valence-electron chi connectivity index (χ0n) is 9.61. The summed E-state index contributed by atoms with van der Waals surface area (Å²) >= 11 is 0. The van der Waals surface area contributed by atoms with E-state index in [9.17, 15) is 0 Å². The first-order valence-corrected chi connectivity index (χ1v) is 7.82. The van der Waals surface area contributed by atoms with E-state index in [1.165, 1.54) is 30.9 Å². The van der Waals surface area contributed by atoms with Crippen molar-refractivity contribution in [1.29, 1.82) is 0 Å². The van der Waals surface area contributed by atoms with Crippen LogP contribution in [0.3, 0.4) is 0 Å². The number of rotatable bonds is 6. The molecular weight excluding hydrogens is 172 g/mol. The van der Waals surface area contributed by atoms with Crippen molar-refractivity contribution in [2.45, 2.75) is 52.2 Å². The average molecular weight is 195 g/mol. The van der Waals surface area contributed by atoms with Crippen LogP contribution in [0.5, 0.6) is 0 Å². The lowest BCUT2D eigenvalue weighted by Crippen LogP contribution is -1.98. The molecule has 0 unspecified atom stereocenters. The number of allylic oxidation sites excluding steroid dienone is 3. The lowest BCUT2D eigenvalue weighted by atomic mass is 10.1. The molecule has 0 atom stereocenters. The Morgan fingerprint density at radius 1 is 1.31 bits per heavy atom. The minimum Gasteiger partial charge on any atom is -0.100 e. The van der Waals surface area contributed by atoms with E-state index in [-0.39, 0.29) is 8.80 Å². The van der Waals surface area contributed by atoms with E-state index in [2.05, 4.69) is 39.6 Å². The molecule has 75 valence electrons. The predicted molar refractivity (Wildman–Crippen MR) is 64.7 cm³/mol. The maximum atomic E-state index is 3.90. The van der Waals surface area contributed by atoms with Gasteiger partial charge < -0.3 is 0 Å². The van der Waals surface area contributed by atoms with Crippen molar-refractivity contribution >= 4 is 8.80 Å². The molecule has 13 heavy (non-hydrogen) atoms. The third-order valence-corrected chi connectivity index (χ3v) is 3.20. The van der Waals surface area contributed by atoms with Gasteiger partial charge in [-0.15, -0.1) is 6.58 Å². The van der Waals surface area contributed by atoms with Crippen LogP contribution < -0.4 is 0 Å². The van der Waals surface area contributed by atoms with Crippen molar-refractivity contribution in [2.75, 3.05) is 0 Å². The number of unbranched alkanes of at least 4 members (excludes halogenated alkanes) is 1. The smallest absolute Gasteiger partial charge is 0.0455 e. The van der Waals surface area contributed by atoms with Crippen LogP contribution in [0.15, 0.2) is 23.8 Å². The fourth-order valence-corrected chi connectivity index (χ4v) is 2.64. The van der Waals surface area contributed by atoms with Crippen LogP contribution in [0.1, 0.15) is 33.1 Å². The Morgan fingerprint density at radius 3 is 2.38 bits per heavy atom. The molecular formula is C12H23Si. The zero-order valence-corrected chi connectivity index (χ0v) is 10.6. The Labute approximate surface area is 85.4 Å². The summed E-state index contributed by atoms with van der Waals surface area (Å²) in [6, 6.07) is 1.34. The maximum absolute atomic E-state index is 3.90. The van der Waals surface area contributed by atoms with Crippen LogP contribution in [0.2, 0.25) is 19.1 Å². The Bertz CT molecular complexity index is 178. The summed E-state index contributed by atoms with van der Waals surface area (Å²) in [6.07, 6.45) is 6.08. The normalized spacial score (nSPS) is 12.2. The quantitative estimate of drug-likeness (QED) is 0.334. The minimum absolute atomic E-state index is 0.0723.